The van der Waals surface area contributed by atoms with Gasteiger partial charge in [-0.2, -0.15) is 0 Å². The van der Waals surface area contributed by atoms with E-state index in [-0.39, 0.29) is 11.7 Å². The van der Waals surface area contributed by atoms with Crippen molar-refractivity contribution in [1.82, 2.24) is 5.32 Å². The lowest BCUT2D eigenvalue weighted by Crippen LogP contribution is -2.54. The Hall–Kier alpha value is -2.59. The molecular weight excluding hydrogens is 535 g/mol. The van der Waals surface area contributed by atoms with Gasteiger partial charge in [0, 0.05) is 5.02 Å². The van der Waals surface area contributed by atoms with E-state index in [0.717, 1.165) is 14.9 Å². The van der Waals surface area contributed by atoms with E-state index in [1.807, 2.05) is 13.8 Å². The Balaban J connectivity index is 2.00. The number of halogens is 2. The number of rotatable bonds is 6. The van der Waals surface area contributed by atoms with Crippen molar-refractivity contribution in [2.24, 2.45) is 0 Å². The van der Waals surface area contributed by atoms with E-state index in [9.17, 15) is 14.4 Å². The van der Waals surface area contributed by atoms with E-state index in [4.69, 9.17) is 21.1 Å². The SMILES string of the molecule is CC[C@H](C)Oc1c(I)cc(/C=C2\C(=O)NC(=O)N(c3ccc(Cl)cc3)C2=O)cc1OC. The Bertz CT molecular complexity index is 1070. The number of barbiturate groups is 1. The zero-order valence-corrected chi connectivity index (χ0v) is 20.0. The lowest BCUT2D eigenvalue weighted by Gasteiger charge is -2.26. The molecule has 2 aromatic carbocycles. The average molecular weight is 555 g/mol. The fourth-order valence-electron chi connectivity index (χ4n) is 2.87. The highest BCUT2D eigenvalue weighted by Gasteiger charge is 2.36. The second-order valence-electron chi connectivity index (χ2n) is 6.81. The second-order valence-corrected chi connectivity index (χ2v) is 8.40. The van der Waals surface area contributed by atoms with Crippen molar-refractivity contribution in [2.45, 2.75) is 26.4 Å². The van der Waals surface area contributed by atoms with Crippen LogP contribution in [-0.4, -0.2) is 31.1 Å². The zero-order valence-electron chi connectivity index (χ0n) is 17.1. The van der Waals surface area contributed by atoms with Gasteiger partial charge in [0.2, 0.25) is 0 Å². The van der Waals surface area contributed by atoms with Crippen LogP contribution >= 0.6 is 34.2 Å². The average Bonchev–Trinajstić information content (AvgIpc) is 2.73. The van der Waals surface area contributed by atoms with Crippen LogP contribution in [0.4, 0.5) is 10.5 Å². The van der Waals surface area contributed by atoms with E-state index in [2.05, 4.69) is 27.9 Å². The first kappa shape index (κ1) is 23.1. The Morgan fingerprint density at radius 1 is 1.19 bits per heavy atom. The summed E-state index contributed by atoms with van der Waals surface area (Å²) in [5, 5.41) is 2.66. The maximum atomic E-state index is 13.0. The van der Waals surface area contributed by atoms with Gasteiger partial charge in [-0.05, 0) is 84.0 Å². The van der Waals surface area contributed by atoms with Crippen LogP contribution in [0.2, 0.25) is 5.02 Å². The number of hydrogen-bond acceptors (Lipinski definition) is 5. The molecule has 1 aliphatic rings. The summed E-state index contributed by atoms with van der Waals surface area (Å²) < 4.78 is 12.2. The Morgan fingerprint density at radius 2 is 1.87 bits per heavy atom. The lowest BCUT2D eigenvalue weighted by molar-refractivity contribution is -0.122. The molecule has 31 heavy (non-hydrogen) atoms. The molecule has 162 valence electrons. The van der Waals surface area contributed by atoms with E-state index in [1.54, 1.807) is 24.3 Å². The number of anilines is 1. The molecule has 0 bridgehead atoms. The van der Waals surface area contributed by atoms with Crippen molar-refractivity contribution in [3.63, 3.8) is 0 Å². The van der Waals surface area contributed by atoms with E-state index in [0.29, 0.717) is 27.8 Å². The number of hydrogen-bond donors (Lipinski definition) is 1. The standard InChI is InChI=1S/C22H20ClIN2O5/c1-4-12(2)31-19-17(24)10-13(11-18(19)30-3)9-16-20(27)25-22(29)26(21(16)28)15-7-5-14(23)6-8-15/h5-12H,4H2,1-3H3,(H,25,27,29)/b16-9+/t12-/m0/s1. The molecule has 0 aliphatic carbocycles. The summed E-state index contributed by atoms with van der Waals surface area (Å²) >= 11 is 8.00. The molecule has 4 amide bonds. The number of ether oxygens (including phenoxy) is 2. The highest BCUT2D eigenvalue weighted by atomic mass is 127. The molecule has 0 radical (unpaired) electrons. The second kappa shape index (κ2) is 9.69. The zero-order chi connectivity index (χ0) is 22.7. The van der Waals surface area contributed by atoms with Gasteiger partial charge in [0.05, 0.1) is 22.5 Å². The molecule has 2 aromatic rings. The number of urea groups is 1. The molecule has 1 heterocycles. The van der Waals surface area contributed by atoms with Crippen molar-refractivity contribution >= 4 is 63.8 Å². The predicted molar refractivity (Wildman–Crippen MR) is 127 cm³/mol. The number of carbonyl (C=O) groups excluding carboxylic acids is 3. The van der Waals surface area contributed by atoms with Gasteiger partial charge < -0.3 is 9.47 Å². The highest BCUT2D eigenvalue weighted by molar-refractivity contribution is 14.1. The van der Waals surface area contributed by atoms with Crippen LogP contribution in [-0.2, 0) is 9.59 Å². The molecular formula is C22H20ClIN2O5. The third kappa shape index (κ3) is 5.01. The molecule has 1 atom stereocenters. The summed E-state index contributed by atoms with van der Waals surface area (Å²) in [7, 11) is 1.52. The minimum absolute atomic E-state index is 0.00346. The van der Waals surface area contributed by atoms with E-state index in [1.165, 1.54) is 25.3 Å². The van der Waals surface area contributed by atoms with Crippen LogP contribution in [0.25, 0.3) is 6.08 Å². The summed E-state index contributed by atoms with van der Waals surface area (Å²) in [5.41, 5.74) is 0.680. The fraction of sp³-hybridized carbons (Fsp3) is 0.227. The number of nitrogens with one attached hydrogen (secondary N) is 1. The first-order valence-corrected chi connectivity index (χ1v) is 10.9. The quantitative estimate of drug-likeness (QED) is 0.315. The van der Waals surface area contributed by atoms with Crippen molar-refractivity contribution in [3.8, 4) is 11.5 Å². The first-order valence-electron chi connectivity index (χ1n) is 9.46. The van der Waals surface area contributed by atoms with E-state index < -0.39 is 17.8 Å². The summed E-state index contributed by atoms with van der Waals surface area (Å²) in [4.78, 5) is 38.6. The van der Waals surface area contributed by atoms with Crippen LogP contribution in [0.15, 0.2) is 42.0 Å². The van der Waals surface area contributed by atoms with Crippen molar-refractivity contribution in [3.05, 3.63) is 56.1 Å². The number of nitrogens with zero attached hydrogens (tertiary/aromatic N) is 1. The lowest BCUT2D eigenvalue weighted by atomic mass is 10.1. The summed E-state index contributed by atoms with van der Waals surface area (Å²) in [6.45, 7) is 3.97. The fourth-order valence-corrected chi connectivity index (χ4v) is 3.75. The summed E-state index contributed by atoms with van der Waals surface area (Å²) in [5.74, 6) is -0.426. The monoisotopic (exact) mass is 554 g/mol. The Kier molecular flexibility index (Phi) is 7.22. The van der Waals surface area contributed by atoms with Gasteiger partial charge in [-0.1, -0.05) is 18.5 Å². The predicted octanol–water partition coefficient (Wildman–Crippen LogP) is 4.80. The van der Waals surface area contributed by atoms with Crippen molar-refractivity contribution in [1.29, 1.82) is 0 Å². The maximum Gasteiger partial charge on any atom is 0.335 e. The van der Waals surface area contributed by atoms with Crippen LogP contribution in [0.1, 0.15) is 25.8 Å². The Labute approximate surface area is 198 Å². The molecule has 1 aliphatic heterocycles. The van der Waals surface area contributed by atoms with E-state index >= 15 is 0 Å². The number of benzene rings is 2. The van der Waals surface area contributed by atoms with Crippen molar-refractivity contribution < 1.29 is 23.9 Å². The smallest absolute Gasteiger partial charge is 0.335 e. The van der Waals surface area contributed by atoms with Crippen LogP contribution in [0, 0.1) is 3.57 Å². The maximum absolute atomic E-state index is 13.0. The van der Waals surface area contributed by atoms with Crippen LogP contribution in [0.5, 0.6) is 11.5 Å². The molecule has 1 fully saturated rings. The largest absolute Gasteiger partial charge is 0.493 e. The normalized spacial score (nSPS) is 16.4. The highest BCUT2D eigenvalue weighted by Crippen LogP contribution is 2.36. The van der Waals surface area contributed by atoms with Gasteiger partial charge in [0.25, 0.3) is 11.8 Å². The van der Waals surface area contributed by atoms with Gasteiger partial charge >= 0.3 is 6.03 Å². The molecule has 1 N–H and O–H groups in total. The minimum atomic E-state index is -0.820. The third-order valence-corrected chi connectivity index (χ3v) is 5.70. The number of amides is 4. The summed E-state index contributed by atoms with van der Waals surface area (Å²) in [6, 6.07) is 8.80. The molecule has 3 rings (SSSR count). The molecule has 1 saturated heterocycles. The van der Waals surface area contributed by atoms with Crippen molar-refractivity contribution in [2.75, 3.05) is 12.0 Å². The van der Waals surface area contributed by atoms with Gasteiger partial charge in [-0.15, -0.1) is 0 Å². The number of imide groups is 2. The topological polar surface area (TPSA) is 84.9 Å². The van der Waals surface area contributed by atoms with Gasteiger partial charge in [-0.25, -0.2) is 9.69 Å². The molecule has 0 unspecified atom stereocenters. The van der Waals surface area contributed by atoms with Crippen LogP contribution < -0.4 is 19.7 Å². The van der Waals surface area contributed by atoms with Crippen LogP contribution in [0.3, 0.4) is 0 Å². The summed E-state index contributed by atoms with van der Waals surface area (Å²) in [6.07, 6.45) is 2.25. The van der Waals surface area contributed by atoms with Gasteiger partial charge in [0.15, 0.2) is 11.5 Å². The molecule has 7 nitrogen and oxygen atoms in total. The minimum Gasteiger partial charge on any atom is -0.493 e. The molecule has 9 heteroatoms. The van der Waals surface area contributed by atoms with Gasteiger partial charge in [-0.3, -0.25) is 14.9 Å². The Morgan fingerprint density at radius 3 is 2.48 bits per heavy atom. The van der Waals surface area contributed by atoms with Gasteiger partial charge in [0.1, 0.15) is 5.57 Å². The molecule has 0 spiro atoms. The number of carbonyl (C=O) groups is 3. The molecule has 0 saturated carbocycles. The first-order chi connectivity index (χ1) is 14.7. The molecule has 0 aromatic heterocycles. The number of methoxy groups -OCH3 is 1. The third-order valence-electron chi connectivity index (χ3n) is 4.64.